The van der Waals surface area contributed by atoms with E-state index in [2.05, 4.69) is 23.6 Å². The predicted octanol–water partition coefficient (Wildman–Crippen LogP) is 3.63. The van der Waals surface area contributed by atoms with Crippen molar-refractivity contribution in [1.29, 1.82) is 0 Å². The van der Waals surface area contributed by atoms with Gasteiger partial charge in [-0.2, -0.15) is 0 Å². The van der Waals surface area contributed by atoms with Crippen molar-refractivity contribution in [2.45, 2.75) is 6.92 Å². The summed E-state index contributed by atoms with van der Waals surface area (Å²) < 4.78 is 7.61. The number of furan rings is 1. The minimum atomic E-state index is 0.756. The van der Waals surface area contributed by atoms with Gasteiger partial charge in [0, 0.05) is 17.1 Å². The quantitative estimate of drug-likeness (QED) is 0.693. The number of rotatable bonds is 2. The standard InChI is InChI=1S/C15H14N2O/c1-11-7-8-14(15-6-3-9-18-15)17(11)13-5-2-4-12(16)10-13/h2-10H,16H2,1H3. The molecule has 0 aliphatic carbocycles. The Kier molecular flexibility index (Phi) is 2.45. The summed E-state index contributed by atoms with van der Waals surface area (Å²) in [5.74, 6) is 0.852. The van der Waals surface area contributed by atoms with Crippen LogP contribution in [-0.2, 0) is 0 Å². The zero-order valence-electron chi connectivity index (χ0n) is 10.1. The SMILES string of the molecule is Cc1ccc(-c2ccco2)n1-c1cccc(N)c1. The molecule has 0 aliphatic rings. The summed E-state index contributed by atoms with van der Waals surface area (Å²) in [6.45, 7) is 2.07. The van der Waals surface area contributed by atoms with Crippen LogP contribution in [0, 0.1) is 6.92 Å². The van der Waals surface area contributed by atoms with Crippen LogP contribution in [0.5, 0.6) is 0 Å². The first-order valence-electron chi connectivity index (χ1n) is 5.84. The first-order chi connectivity index (χ1) is 8.75. The van der Waals surface area contributed by atoms with Crippen LogP contribution in [0.2, 0.25) is 0 Å². The fraction of sp³-hybridized carbons (Fsp3) is 0.0667. The average Bonchev–Trinajstić information content (AvgIpc) is 2.97. The van der Waals surface area contributed by atoms with Crippen molar-refractivity contribution in [2.24, 2.45) is 0 Å². The molecule has 1 aromatic carbocycles. The third-order valence-corrected chi connectivity index (χ3v) is 2.98. The van der Waals surface area contributed by atoms with Gasteiger partial charge in [-0.05, 0) is 49.4 Å². The van der Waals surface area contributed by atoms with E-state index in [1.54, 1.807) is 6.26 Å². The summed E-state index contributed by atoms with van der Waals surface area (Å²) in [6, 6.07) is 15.8. The van der Waals surface area contributed by atoms with E-state index in [1.807, 2.05) is 36.4 Å². The molecule has 3 nitrogen and oxygen atoms in total. The van der Waals surface area contributed by atoms with Crippen LogP contribution in [0.3, 0.4) is 0 Å². The summed E-state index contributed by atoms with van der Waals surface area (Å²) in [6.07, 6.45) is 1.68. The molecule has 0 unspecified atom stereocenters. The number of nitrogens with zero attached hydrogens (tertiary/aromatic N) is 1. The Morgan fingerprint density at radius 3 is 2.67 bits per heavy atom. The molecule has 2 aromatic heterocycles. The molecule has 0 atom stereocenters. The summed E-state index contributed by atoms with van der Waals surface area (Å²) in [7, 11) is 0. The third kappa shape index (κ3) is 1.70. The van der Waals surface area contributed by atoms with Crippen molar-refractivity contribution < 1.29 is 4.42 Å². The summed E-state index contributed by atoms with van der Waals surface area (Å²) in [5.41, 5.74) is 9.82. The maximum atomic E-state index is 5.85. The zero-order valence-corrected chi connectivity index (χ0v) is 10.1. The molecular formula is C15H14N2O. The maximum Gasteiger partial charge on any atom is 0.150 e. The Morgan fingerprint density at radius 2 is 1.94 bits per heavy atom. The summed E-state index contributed by atoms with van der Waals surface area (Å²) in [5, 5.41) is 0. The molecule has 3 aromatic rings. The van der Waals surface area contributed by atoms with E-state index in [1.165, 1.54) is 0 Å². The van der Waals surface area contributed by atoms with Crippen LogP contribution < -0.4 is 5.73 Å². The highest BCUT2D eigenvalue weighted by Gasteiger charge is 2.11. The van der Waals surface area contributed by atoms with Gasteiger partial charge in [0.25, 0.3) is 0 Å². The lowest BCUT2D eigenvalue weighted by Crippen LogP contribution is -1.99. The fourth-order valence-electron chi connectivity index (χ4n) is 2.16. The first kappa shape index (κ1) is 10.7. The number of nitrogens with two attached hydrogens (primary N) is 1. The summed E-state index contributed by atoms with van der Waals surface area (Å²) >= 11 is 0. The highest BCUT2D eigenvalue weighted by atomic mass is 16.3. The van der Waals surface area contributed by atoms with Gasteiger partial charge in [-0.15, -0.1) is 0 Å². The molecule has 0 saturated carbocycles. The average molecular weight is 238 g/mol. The normalized spacial score (nSPS) is 10.7. The van der Waals surface area contributed by atoms with Crippen LogP contribution in [0.1, 0.15) is 5.69 Å². The molecule has 0 aliphatic heterocycles. The number of aromatic nitrogens is 1. The van der Waals surface area contributed by atoms with Crippen LogP contribution >= 0.6 is 0 Å². The number of hydrogen-bond acceptors (Lipinski definition) is 2. The minimum Gasteiger partial charge on any atom is -0.463 e. The van der Waals surface area contributed by atoms with Gasteiger partial charge in [0.1, 0.15) is 0 Å². The van der Waals surface area contributed by atoms with Crippen molar-refractivity contribution in [2.75, 3.05) is 5.73 Å². The van der Waals surface area contributed by atoms with Gasteiger partial charge in [-0.25, -0.2) is 0 Å². The van der Waals surface area contributed by atoms with Gasteiger partial charge < -0.3 is 14.7 Å². The molecule has 0 amide bonds. The molecule has 3 heteroatoms. The maximum absolute atomic E-state index is 5.85. The first-order valence-corrected chi connectivity index (χ1v) is 5.84. The monoisotopic (exact) mass is 238 g/mol. The van der Waals surface area contributed by atoms with E-state index in [9.17, 15) is 0 Å². The second-order valence-electron chi connectivity index (χ2n) is 4.27. The van der Waals surface area contributed by atoms with E-state index >= 15 is 0 Å². The predicted molar refractivity (Wildman–Crippen MR) is 72.6 cm³/mol. The smallest absolute Gasteiger partial charge is 0.150 e. The molecule has 2 heterocycles. The van der Waals surface area contributed by atoms with Crippen molar-refractivity contribution in [3.8, 4) is 17.1 Å². The molecule has 3 rings (SSSR count). The van der Waals surface area contributed by atoms with Gasteiger partial charge >= 0.3 is 0 Å². The number of anilines is 1. The molecule has 18 heavy (non-hydrogen) atoms. The van der Waals surface area contributed by atoms with Crippen LogP contribution in [-0.4, -0.2) is 4.57 Å². The zero-order chi connectivity index (χ0) is 12.5. The third-order valence-electron chi connectivity index (χ3n) is 2.98. The second kappa shape index (κ2) is 4.11. The topological polar surface area (TPSA) is 44.1 Å². The summed E-state index contributed by atoms with van der Waals surface area (Å²) in [4.78, 5) is 0. The van der Waals surface area contributed by atoms with Gasteiger partial charge in [0.2, 0.25) is 0 Å². The van der Waals surface area contributed by atoms with Crippen LogP contribution in [0.4, 0.5) is 5.69 Å². The van der Waals surface area contributed by atoms with Crippen molar-refractivity contribution >= 4 is 5.69 Å². The van der Waals surface area contributed by atoms with Gasteiger partial charge in [-0.1, -0.05) is 6.07 Å². The molecule has 0 radical (unpaired) electrons. The van der Waals surface area contributed by atoms with Crippen LogP contribution in [0.15, 0.2) is 59.2 Å². The van der Waals surface area contributed by atoms with Gasteiger partial charge in [0.05, 0.1) is 12.0 Å². The number of aryl methyl sites for hydroxylation is 1. The molecular weight excluding hydrogens is 224 g/mol. The Morgan fingerprint density at radius 1 is 1.06 bits per heavy atom. The number of nitrogen functional groups attached to an aromatic ring is 1. The van der Waals surface area contributed by atoms with E-state index in [0.29, 0.717) is 0 Å². The molecule has 0 bridgehead atoms. The Labute approximate surface area is 105 Å². The van der Waals surface area contributed by atoms with Crippen molar-refractivity contribution in [3.63, 3.8) is 0 Å². The fourth-order valence-corrected chi connectivity index (χ4v) is 2.16. The Bertz CT molecular complexity index is 666. The molecule has 0 saturated heterocycles. The lowest BCUT2D eigenvalue weighted by Gasteiger charge is -2.11. The van der Waals surface area contributed by atoms with E-state index < -0.39 is 0 Å². The lowest BCUT2D eigenvalue weighted by molar-refractivity contribution is 0.578. The number of hydrogen-bond donors (Lipinski definition) is 1. The highest BCUT2D eigenvalue weighted by molar-refractivity contribution is 5.60. The molecule has 90 valence electrons. The molecule has 2 N–H and O–H groups in total. The van der Waals surface area contributed by atoms with Crippen molar-refractivity contribution in [3.05, 3.63) is 60.5 Å². The van der Waals surface area contributed by atoms with E-state index in [4.69, 9.17) is 10.2 Å². The van der Waals surface area contributed by atoms with Crippen LogP contribution in [0.25, 0.3) is 17.1 Å². The second-order valence-corrected chi connectivity index (χ2v) is 4.27. The Hall–Kier alpha value is -2.42. The molecule has 0 spiro atoms. The van der Waals surface area contributed by atoms with Gasteiger partial charge in [0.15, 0.2) is 5.76 Å². The molecule has 0 fully saturated rings. The highest BCUT2D eigenvalue weighted by Crippen LogP contribution is 2.27. The lowest BCUT2D eigenvalue weighted by atomic mass is 10.2. The minimum absolute atomic E-state index is 0.756. The van der Waals surface area contributed by atoms with E-state index in [0.717, 1.165) is 28.5 Å². The Balaban J connectivity index is 2.20. The number of benzene rings is 1. The largest absolute Gasteiger partial charge is 0.463 e. The van der Waals surface area contributed by atoms with E-state index in [-0.39, 0.29) is 0 Å². The van der Waals surface area contributed by atoms with Gasteiger partial charge in [-0.3, -0.25) is 0 Å². The van der Waals surface area contributed by atoms with Crippen molar-refractivity contribution in [1.82, 2.24) is 4.57 Å².